The third kappa shape index (κ3) is 4.35. The lowest BCUT2D eigenvalue weighted by atomic mass is 10.1. The third-order valence-electron chi connectivity index (χ3n) is 6.64. The van der Waals surface area contributed by atoms with Gasteiger partial charge < -0.3 is 9.32 Å². The highest BCUT2D eigenvalue weighted by Gasteiger charge is 2.53. The molecule has 0 aliphatic carbocycles. The maximum Gasteiger partial charge on any atom is 0.333 e. The van der Waals surface area contributed by atoms with Crippen molar-refractivity contribution in [3.05, 3.63) is 59.0 Å². The predicted molar refractivity (Wildman–Crippen MR) is 129 cm³/mol. The minimum atomic E-state index is -0.671. The van der Waals surface area contributed by atoms with Crippen molar-refractivity contribution >= 4 is 41.1 Å². The molecule has 4 heterocycles. The number of hydrogen-bond acceptors (Lipinski definition) is 6. The van der Waals surface area contributed by atoms with Crippen LogP contribution >= 0.6 is 11.6 Å². The van der Waals surface area contributed by atoms with Gasteiger partial charge in [0.15, 0.2) is 5.76 Å². The highest BCUT2D eigenvalue weighted by Crippen LogP contribution is 2.22. The first-order valence-electron chi connectivity index (χ1n) is 11.4. The van der Waals surface area contributed by atoms with E-state index < -0.39 is 12.1 Å². The van der Waals surface area contributed by atoms with Crippen LogP contribution in [-0.2, 0) is 11.3 Å². The zero-order chi connectivity index (χ0) is 24.7. The quantitative estimate of drug-likeness (QED) is 0.585. The van der Waals surface area contributed by atoms with Crippen LogP contribution in [-0.4, -0.2) is 107 Å². The molecule has 182 valence electrons. The Morgan fingerprint density at radius 2 is 1.80 bits per heavy atom. The van der Waals surface area contributed by atoms with Crippen molar-refractivity contribution in [2.75, 3.05) is 46.8 Å². The number of imide groups is 1. The number of nitrogens with zero attached hydrogens (tertiary/aromatic N) is 6. The smallest absolute Gasteiger partial charge is 0.333 e. The van der Waals surface area contributed by atoms with Gasteiger partial charge in [-0.05, 0) is 34.8 Å². The molecule has 0 saturated carbocycles. The molecule has 1 unspecified atom stereocenters. The zero-order valence-electron chi connectivity index (χ0n) is 19.6. The highest BCUT2D eigenvalue weighted by atomic mass is 35.5. The second kappa shape index (κ2) is 9.27. The van der Waals surface area contributed by atoms with Gasteiger partial charge in [0, 0.05) is 45.3 Å². The molecular formula is C24H26ClN6O4+. The number of carbonyl (C=O) groups is 3. The number of amides is 4. The Hall–Kier alpha value is -3.50. The largest absolute Gasteiger partial charge is 0.459 e. The van der Waals surface area contributed by atoms with Gasteiger partial charge in [-0.25, -0.2) is 9.37 Å². The molecule has 2 saturated heterocycles. The van der Waals surface area contributed by atoms with Crippen molar-refractivity contribution in [3.63, 3.8) is 0 Å². The van der Waals surface area contributed by atoms with Crippen LogP contribution in [0.25, 0.3) is 0 Å². The number of urea groups is 1. The first-order valence-corrected chi connectivity index (χ1v) is 11.8. The lowest BCUT2D eigenvalue weighted by Gasteiger charge is -2.33. The maximum atomic E-state index is 13.1. The van der Waals surface area contributed by atoms with Crippen molar-refractivity contribution < 1.29 is 23.4 Å². The van der Waals surface area contributed by atoms with Gasteiger partial charge in [0.05, 0.1) is 6.26 Å². The van der Waals surface area contributed by atoms with Crippen LogP contribution in [0.1, 0.15) is 16.1 Å². The summed E-state index contributed by atoms with van der Waals surface area (Å²) in [7, 11) is 3.13. The number of halogens is 1. The van der Waals surface area contributed by atoms with Crippen molar-refractivity contribution in [2.24, 2.45) is 4.99 Å². The molecule has 2 fully saturated rings. The number of aliphatic imine (C=N–C) groups is 1. The first-order chi connectivity index (χ1) is 16.8. The summed E-state index contributed by atoms with van der Waals surface area (Å²) in [5, 5.41) is 0.636. The number of piperazine rings is 1. The number of benzene rings is 1. The van der Waals surface area contributed by atoms with E-state index in [-0.39, 0.29) is 11.8 Å². The first kappa shape index (κ1) is 23.3. The van der Waals surface area contributed by atoms with Crippen LogP contribution in [0.4, 0.5) is 4.79 Å². The second-order valence-corrected chi connectivity index (χ2v) is 9.26. The minimum Gasteiger partial charge on any atom is -0.459 e. The van der Waals surface area contributed by atoms with Gasteiger partial charge in [0.25, 0.3) is 23.7 Å². The number of carbonyl (C=O) groups excluding carboxylic acids is 3. The molecule has 4 amide bonds. The van der Waals surface area contributed by atoms with Crippen LogP contribution in [0.3, 0.4) is 0 Å². The minimum absolute atomic E-state index is 0.118. The lowest BCUT2D eigenvalue weighted by molar-refractivity contribution is -0.552. The SMILES string of the molecule is CN1C(=O)C2C(=NC(CN3CCN(C(=O)c4ccco4)CC3)=[N+]2Cc2ccc(Cl)cc2)N(C)C1=O. The van der Waals surface area contributed by atoms with E-state index in [4.69, 9.17) is 21.0 Å². The molecule has 0 N–H and O–H groups in total. The Bertz CT molecular complexity index is 1220. The molecule has 35 heavy (non-hydrogen) atoms. The van der Waals surface area contributed by atoms with Crippen LogP contribution in [0, 0.1) is 0 Å². The molecule has 1 aromatic heterocycles. The average molecular weight is 498 g/mol. The fraction of sp³-hybridized carbons (Fsp3) is 0.375. The molecular weight excluding hydrogens is 472 g/mol. The number of likely N-dealkylation sites (N-methyl/N-ethyl adjacent to an activating group) is 2. The van der Waals surface area contributed by atoms with Gasteiger partial charge in [0.2, 0.25) is 0 Å². The van der Waals surface area contributed by atoms with Crippen molar-refractivity contribution in [1.29, 1.82) is 0 Å². The molecule has 11 heteroatoms. The van der Waals surface area contributed by atoms with Gasteiger partial charge in [-0.15, -0.1) is 0 Å². The van der Waals surface area contributed by atoms with Crippen molar-refractivity contribution in [3.8, 4) is 0 Å². The molecule has 0 bridgehead atoms. The molecule has 3 aliphatic heterocycles. The molecule has 3 aliphatic rings. The summed E-state index contributed by atoms with van der Waals surface area (Å²) in [6, 6.07) is 9.77. The third-order valence-corrected chi connectivity index (χ3v) is 6.89. The van der Waals surface area contributed by atoms with E-state index >= 15 is 0 Å². The van der Waals surface area contributed by atoms with E-state index in [1.165, 1.54) is 18.2 Å². The number of amidine groups is 2. The number of rotatable bonds is 5. The van der Waals surface area contributed by atoms with Crippen LogP contribution in [0.5, 0.6) is 0 Å². The highest BCUT2D eigenvalue weighted by molar-refractivity contribution is 6.30. The van der Waals surface area contributed by atoms with Gasteiger partial charge in [-0.2, -0.15) is 0 Å². The van der Waals surface area contributed by atoms with Gasteiger partial charge in [-0.3, -0.25) is 24.3 Å². The molecule has 0 spiro atoms. The summed E-state index contributed by atoms with van der Waals surface area (Å²) >= 11 is 6.05. The molecule has 5 rings (SSSR count). The molecule has 1 aromatic carbocycles. The Kier molecular flexibility index (Phi) is 6.16. The van der Waals surface area contributed by atoms with Crippen LogP contribution < -0.4 is 0 Å². The van der Waals surface area contributed by atoms with Crippen LogP contribution in [0.15, 0.2) is 52.1 Å². The summed E-state index contributed by atoms with van der Waals surface area (Å²) in [5.41, 5.74) is 0.979. The average Bonchev–Trinajstić information content (AvgIpc) is 3.52. The van der Waals surface area contributed by atoms with E-state index in [0.29, 0.717) is 61.7 Å². The van der Waals surface area contributed by atoms with Crippen molar-refractivity contribution in [2.45, 2.75) is 12.6 Å². The van der Waals surface area contributed by atoms with Gasteiger partial charge in [-0.1, -0.05) is 23.7 Å². The van der Waals surface area contributed by atoms with Gasteiger partial charge in [0.1, 0.15) is 13.1 Å². The van der Waals surface area contributed by atoms with E-state index in [2.05, 4.69) is 4.90 Å². The molecule has 2 aromatic rings. The fourth-order valence-electron chi connectivity index (χ4n) is 4.61. The number of furan rings is 1. The summed E-state index contributed by atoms with van der Waals surface area (Å²) in [4.78, 5) is 49.6. The Labute approximate surface area is 207 Å². The summed E-state index contributed by atoms with van der Waals surface area (Å²) in [6.45, 7) is 3.37. The van der Waals surface area contributed by atoms with Crippen molar-refractivity contribution in [1.82, 2.24) is 19.6 Å². The molecule has 10 nitrogen and oxygen atoms in total. The number of hydrogen-bond donors (Lipinski definition) is 0. The summed E-state index contributed by atoms with van der Waals surface area (Å²) < 4.78 is 7.20. The summed E-state index contributed by atoms with van der Waals surface area (Å²) in [6.07, 6.45) is 1.49. The van der Waals surface area contributed by atoms with E-state index in [9.17, 15) is 14.4 Å². The number of fused-ring (bicyclic) bond motifs is 1. The molecule has 0 radical (unpaired) electrons. The van der Waals surface area contributed by atoms with E-state index in [1.54, 1.807) is 24.1 Å². The van der Waals surface area contributed by atoms with E-state index in [1.807, 2.05) is 28.8 Å². The summed E-state index contributed by atoms with van der Waals surface area (Å²) in [5.74, 6) is 1.07. The standard InChI is InChI=1S/C24H26ClN6O4/c1-27-21-20(23(33)28(2)24(27)34)31(14-16-5-7-17(25)8-6-16)19(26-21)15-29-9-11-30(12-10-29)22(32)18-4-3-13-35-18/h3-8,13,20H,9-12,14-15H2,1-2H3/q+1. The Morgan fingerprint density at radius 3 is 2.46 bits per heavy atom. The molecule has 1 atom stereocenters. The topological polar surface area (TPSA) is 92.7 Å². The van der Waals surface area contributed by atoms with E-state index in [0.717, 1.165) is 10.5 Å². The zero-order valence-corrected chi connectivity index (χ0v) is 20.3. The monoisotopic (exact) mass is 497 g/mol. The maximum absolute atomic E-state index is 13.1. The normalized spacial score (nSPS) is 21.1. The van der Waals surface area contributed by atoms with Crippen LogP contribution in [0.2, 0.25) is 5.02 Å². The van der Waals surface area contributed by atoms with Gasteiger partial charge >= 0.3 is 11.9 Å². The second-order valence-electron chi connectivity index (χ2n) is 8.83. The Morgan fingerprint density at radius 1 is 1.09 bits per heavy atom. The predicted octanol–water partition coefficient (Wildman–Crippen LogP) is 1.61. The Balaban J connectivity index is 1.37. The fourth-order valence-corrected chi connectivity index (χ4v) is 4.74. The lowest BCUT2D eigenvalue weighted by Crippen LogP contribution is -2.61.